The van der Waals surface area contributed by atoms with Gasteiger partial charge in [-0.05, 0) is 32.5 Å². The van der Waals surface area contributed by atoms with Crippen LogP contribution in [0.5, 0.6) is 5.75 Å². The molecular weight excluding hydrogens is 188 g/mol. The minimum Gasteiger partial charge on any atom is -0.495 e. The number of nitrogens with zero attached hydrogens (tertiary/aromatic N) is 1. The number of hydrogen-bond acceptors (Lipinski definition) is 3. The highest BCUT2D eigenvalue weighted by atomic mass is 16.5. The van der Waals surface area contributed by atoms with Gasteiger partial charge in [0.15, 0.2) is 0 Å². The van der Waals surface area contributed by atoms with Crippen molar-refractivity contribution in [1.82, 2.24) is 10.3 Å². The SMILES string of the molecule is CNC(C)CC(C)c1ncccc1OC. The number of rotatable bonds is 5. The molecule has 0 bridgehead atoms. The van der Waals surface area contributed by atoms with Gasteiger partial charge in [-0.15, -0.1) is 0 Å². The molecule has 0 saturated carbocycles. The van der Waals surface area contributed by atoms with E-state index in [2.05, 4.69) is 24.1 Å². The summed E-state index contributed by atoms with van der Waals surface area (Å²) in [4.78, 5) is 4.38. The maximum absolute atomic E-state index is 5.30. The molecule has 2 atom stereocenters. The van der Waals surface area contributed by atoms with Gasteiger partial charge in [0, 0.05) is 18.2 Å². The molecule has 1 aromatic rings. The van der Waals surface area contributed by atoms with E-state index in [-0.39, 0.29) is 0 Å². The predicted octanol–water partition coefficient (Wildman–Crippen LogP) is 2.19. The Morgan fingerprint density at radius 2 is 2.20 bits per heavy atom. The molecule has 1 rings (SSSR count). The maximum Gasteiger partial charge on any atom is 0.140 e. The molecule has 84 valence electrons. The van der Waals surface area contributed by atoms with E-state index in [1.165, 1.54) is 0 Å². The molecule has 3 heteroatoms. The second-order valence-electron chi connectivity index (χ2n) is 3.92. The Morgan fingerprint density at radius 3 is 2.80 bits per heavy atom. The molecule has 0 aromatic carbocycles. The van der Waals surface area contributed by atoms with Crippen molar-refractivity contribution in [3.8, 4) is 5.75 Å². The Kier molecular flexibility index (Phi) is 4.56. The summed E-state index contributed by atoms with van der Waals surface area (Å²) in [5.74, 6) is 1.29. The molecule has 0 fully saturated rings. The molecule has 2 unspecified atom stereocenters. The second-order valence-corrected chi connectivity index (χ2v) is 3.92. The van der Waals surface area contributed by atoms with Gasteiger partial charge in [0.05, 0.1) is 12.8 Å². The van der Waals surface area contributed by atoms with Crippen molar-refractivity contribution >= 4 is 0 Å². The largest absolute Gasteiger partial charge is 0.495 e. The van der Waals surface area contributed by atoms with Crippen LogP contribution < -0.4 is 10.1 Å². The standard InChI is InChI=1S/C12H20N2O/c1-9(8-10(2)13-3)12-11(15-4)6-5-7-14-12/h5-7,9-10,13H,8H2,1-4H3. The topological polar surface area (TPSA) is 34.2 Å². The van der Waals surface area contributed by atoms with Crippen LogP contribution in [0.1, 0.15) is 31.9 Å². The van der Waals surface area contributed by atoms with Gasteiger partial charge >= 0.3 is 0 Å². The fraction of sp³-hybridized carbons (Fsp3) is 0.583. The van der Waals surface area contributed by atoms with Crippen LogP contribution >= 0.6 is 0 Å². The van der Waals surface area contributed by atoms with Crippen molar-refractivity contribution in [3.63, 3.8) is 0 Å². The van der Waals surface area contributed by atoms with Crippen LogP contribution in [0.3, 0.4) is 0 Å². The molecule has 0 spiro atoms. The van der Waals surface area contributed by atoms with Crippen molar-refractivity contribution < 1.29 is 4.74 Å². The molecule has 0 amide bonds. The number of hydrogen-bond donors (Lipinski definition) is 1. The summed E-state index contributed by atoms with van der Waals surface area (Å²) in [6, 6.07) is 4.35. The molecule has 0 aliphatic heterocycles. The number of pyridine rings is 1. The van der Waals surface area contributed by atoms with E-state index >= 15 is 0 Å². The van der Waals surface area contributed by atoms with Crippen LogP contribution in [0.2, 0.25) is 0 Å². The minimum absolute atomic E-state index is 0.406. The predicted molar refractivity (Wildman–Crippen MR) is 62.3 cm³/mol. The fourth-order valence-electron chi connectivity index (χ4n) is 1.71. The van der Waals surface area contributed by atoms with Gasteiger partial charge in [0.2, 0.25) is 0 Å². The lowest BCUT2D eigenvalue weighted by Gasteiger charge is -2.18. The smallest absolute Gasteiger partial charge is 0.140 e. The molecule has 0 radical (unpaired) electrons. The minimum atomic E-state index is 0.406. The highest BCUT2D eigenvalue weighted by molar-refractivity contribution is 5.29. The van der Waals surface area contributed by atoms with E-state index in [1.807, 2.05) is 25.4 Å². The van der Waals surface area contributed by atoms with E-state index in [0.717, 1.165) is 17.9 Å². The van der Waals surface area contributed by atoms with Gasteiger partial charge in [-0.1, -0.05) is 6.92 Å². The van der Waals surface area contributed by atoms with Gasteiger partial charge in [-0.2, -0.15) is 0 Å². The first-order valence-electron chi connectivity index (χ1n) is 5.35. The van der Waals surface area contributed by atoms with Crippen molar-refractivity contribution in [2.75, 3.05) is 14.2 Å². The zero-order chi connectivity index (χ0) is 11.3. The lowest BCUT2D eigenvalue weighted by Crippen LogP contribution is -2.23. The zero-order valence-electron chi connectivity index (χ0n) is 9.95. The lowest BCUT2D eigenvalue weighted by atomic mass is 9.98. The maximum atomic E-state index is 5.30. The van der Waals surface area contributed by atoms with Crippen LogP contribution in [0, 0.1) is 0 Å². The van der Waals surface area contributed by atoms with Crippen LogP contribution in [-0.4, -0.2) is 25.2 Å². The normalized spacial score (nSPS) is 14.7. The Labute approximate surface area is 91.9 Å². The molecule has 0 saturated heterocycles. The third-order valence-corrected chi connectivity index (χ3v) is 2.69. The highest BCUT2D eigenvalue weighted by Crippen LogP contribution is 2.26. The Morgan fingerprint density at radius 1 is 1.47 bits per heavy atom. The molecule has 1 heterocycles. The van der Waals surface area contributed by atoms with Crippen LogP contribution in [0.25, 0.3) is 0 Å². The van der Waals surface area contributed by atoms with Crippen molar-refractivity contribution in [1.29, 1.82) is 0 Å². The average Bonchev–Trinajstić information content (AvgIpc) is 2.28. The Bertz CT molecular complexity index is 301. The Hall–Kier alpha value is -1.09. The van der Waals surface area contributed by atoms with Gasteiger partial charge in [0.25, 0.3) is 0 Å². The van der Waals surface area contributed by atoms with Crippen molar-refractivity contribution in [2.45, 2.75) is 32.2 Å². The van der Waals surface area contributed by atoms with E-state index in [1.54, 1.807) is 7.11 Å². The van der Waals surface area contributed by atoms with Gasteiger partial charge in [-0.25, -0.2) is 0 Å². The molecular formula is C12H20N2O. The summed E-state index contributed by atoms with van der Waals surface area (Å²) >= 11 is 0. The van der Waals surface area contributed by atoms with Crippen molar-refractivity contribution in [2.24, 2.45) is 0 Å². The zero-order valence-corrected chi connectivity index (χ0v) is 9.95. The summed E-state index contributed by atoms with van der Waals surface area (Å²) in [6.45, 7) is 4.35. The molecule has 0 aliphatic rings. The second kappa shape index (κ2) is 5.71. The number of nitrogens with one attached hydrogen (secondary N) is 1. The number of ether oxygens (including phenoxy) is 1. The van der Waals surface area contributed by atoms with E-state index in [0.29, 0.717) is 12.0 Å². The highest BCUT2D eigenvalue weighted by Gasteiger charge is 2.14. The van der Waals surface area contributed by atoms with Crippen LogP contribution in [0.4, 0.5) is 0 Å². The van der Waals surface area contributed by atoms with E-state index in [4.69, 9.17) is 4.74 Å². The first-order valence-corrected chi connectivity index (χ1v) is 5.35. The number of methoxy groups -OCH3 is 1. The van der Waals surface area contributed by atoms with Crippen LogP contribution in [0.15, 0.2) is 18.3 Å². The van der Waals surface area contributed by atoms with E-state index < -0.39 is 0 Å². The quantitative estimate of drug-likeness (QED) is 0.805. The first-order chi connectivity index (χ1) is 7.19. The van der Waals surface area contributed by atoms with Gasteiger partial charge in [-0.3, -0.25) is 4.98 Å². The first kappa shape index (κ1) is 12.0. The molecule has 0 aliphatic carbocycles. The summed E-state index contributed by atoms with van der Waals surface area (Å²) < 4.78 is 5.30. The molecule has 3 nitrogen and oxygen atoms in total. The lowest BCUT2D eigenvalue weighted by molar-refractivity contribution is 0.397. The third-order valence-electron chi connectivity index (χ3n) is 2.69. The number of aromatic nitrogens is 1. The Balaban J connectivity index is 2.76. The molecule has 1 N–H and O–H groups in total. The van der Waals surface area contributed by atoms with Crippen molar-refractivity contribution in [3.05, 3.63) is 24.0 Å². The fourth-order valence-corrected chi connectivity index (χ4v) is 1.71. The summed E-state index contributed by atoms with van der Waals surface area (Å²) in [5.41, 5.74) is 1.04. The molecule has 15 heavy (non-hydrogen) atoms. The van der Waals surface area contributed by atoms with Gasteiger partial charge in [0.1, 0.15) is 5.75 Å². The summed E-state index contributed by atoms with van der Waals surface area (Å²) in [7, 11) is 3.67. The average molecular weight is 208 g/mol. The van der Waals surface area contributed by atoms with Gasteiger partial charge < -0.3 is 10.1 Å². The monoisotopic (exact) mass is 208 g/mol. The van der Waals surface area contributed by atoms with E-state index in [9.17, 15) is 0 Å². The van der Waals surface area contributed by atoms with Crippen LogP contribution in [-0.2, 0) is 0 Å². The third kappa shape index (κ3) is 3.20. The summed E-state index contributed by atoms with van der Waals surface area (Å²) in [6.07, 6.45) is 2.88. The molecule has 1 aromatic heterocycles. The summed E-state index contributed by atoms with van der Waals surface area (Å²) in [5, 5.41) is 3.23.